The van der Waals surface area contributed by atoms with E-state index in [2.05, 4.69) is 11.9 Å². The van der Waals surface area contributed by atoms with Crippen LogP contribution in [0.2, 0.25) is 0 Å². The Morgan fingerprint density at radius 1 is 1.60 bits per heavy atom. The van der Waals surface area contributed by atoms with Crippen LogP contribution in [0, 0.1) is 0 Å². The Morgan fingerprint density at radius 3 is 3.00 bits per heavy atom. The molecule has 0 aliphatic carbocycles. The molecule has 0 bridgehead atoms. The van der Waals surface area contributed by atoms with Crippen molar-refractivity contribution in [1.82, 2.24) is 4.90 Å². The zero-order chi connectivity index (χ0) is 7.40. The molecule has 2 nitrogen and oxygen atoms in total. The normalized spacial score (nSPS) is 28.3. The van der Waals surface area contributed by atoms with Crippen LogP contribution in [-0.2, 0) is 4.79 Å². The van der Waals surface area contributed by atoms with Crippen molar-refractivity contribution in [2.75, 3.05) is 13.6 Å². The Hall–Kier alpha value is -0.370. The van der Waals surface area contributed by atoms with E-state index in [0.717, 1.165) is 12.7 Å². The van der Waals surface area contributed by atoms with Crippen molar-refractivity contribution in [2.45, 2.75) is 31.7 Å². The molecule has 1 aliphatic heterocycles. The van der Waals surface area contributed by atoms with Crippen molar-refractivity contribution in [1.29, 1.82) is 0 Å². The van der Waals surface area contributed by atoms with Gasteiger partial charge in [0.2, 0.25) is 0 Å². The predicted molar refractivity (Wildman–Crippen MR) is 41.0 cm³/mol. The summed E-state index contributed by atoms with van der Waals surface area (Å²) in [6.45, 7) is 1.17. The van der Waals surface area contributed by atoms with Gasteiger partial charge in [0, 0.05) is 12.5 Å². The zero-order valence-corrected chi connectivity index (χ0v) is 6.55. The van der Waals surface area contributed by atoms with Crippen LogP contribution in [0.1, 0.15) is 25.7 Å². The Kier molecular flexibility index (Phi) is 2.87. The first-order valence-electron chi connectivity index (χ1n) is 3.98. The molecule has 1 fully saturated rings. The second-order valence-corrected chi connectivity index (χ2v) is 3.03. The molecule has 1 aliphatic rings. The molecule has 2 heteroatoms. The number of piperidine rings is 1. The molecule has 1 atom stereocenters. The molecule has 0 radical (unpaired) electrons. The van der Waals surface area contributed by atoms with Gasteiger partial charge >= 0.3 is 0 Å². The van der Waals surface area contributed by atoms with E-state index in [-0.39, 0.29) is 0 Å². The van der Waals surface area contributed by atoms with E-state index < -0.39 is 0 Å². The number of carbonyl (C=O) groups excluding carboxylic acids is 1. The molecule has 10 heavy (non-hydrogen) atoms. The maximum atomic E-state index is 10.2. The van der Waals surface area contributed by atoms with E-state index >= 15 is 0 Å². The van der Waals surface area contributed by atoms with Gasteiger partial charge < -0.3 is 9.69 Å². The fraction of sp³-hybridized carbons (Fsp3) is 0.875. The third kappa shape index (κ3) is 1.81. The maximum Gasteiger partial charge on any atom is 0.121 e. The number of nitrogens with zero attached hydrogens (tertiary/aromatic N) is 1. The monoisotopic (exact) mass is 141 g/mol. The predicted octanol–water partition coefficient (Wildman–Crippen LogP) is 1.06. The first-order chi connectivity index (χ1) is 4.84. The highest BCUT2D eigenvalue weighted by Gasteiger charge is 2.17. The number of rotatable bonds is 2. The fourth-order valence-corrected chi connectivity index (χ4v) is 1.55. The Labute approximate surface area is 62.2 Å². The molecule has 1 saturated heterocycles. The lowest BCUT2D eigenvalue weighted by molar-refractivity contribution is -0.109. The Morgan fingerprint density at radius 2 is 2.40 bits per heavy atom. The fourth-order valence-electron chi connectivity index (χ4n) is 1.55. The van der Waals surface area contributed by atoms with Gasteiger partial charge in [-0.25, -0.2) is 0 Å². The van der Waals surface area contributed by atoms with E-state index in [0.29, 0.717) is 6.04 Å². The molecule has 0 N–H and O–H groups in total. The SMILES string of the molecule is CN1CCCCC1CC=O. The van der Waals surface area contributed by atoms with Gasteiger partial charge in [0.15, 0.2) is 0 Å². The molecular weight excluding hydrogens is 126 g/mol. The summed E-state index contributed by atoms with van der Waals surface area (Å²) in [5.74, 6) is 0. The summed E-state index contributed by atoms with van der Waals surface area (Å²) in [7, 11) is 2.10. The smallest absolute Gasteiger partial charge is 0.121 e. The van der Waals surface area contributed by atoms with Crippen molar-refractivity contribution >= 4 is 6.29 Å². The summed E-state index contributed by atoms with van der Waals surface area (Å²) in [4.78, 5) is 12.5. The van der Waals surface area contributed by atoms with E-state index in [4.69, 9.17) is 0 Å². The van der Waals surface area contributed by atoms with Gasteiger partial charge in [0.05, 0.1) is 0 Å². The highest BCUT2D eigenvalue weighted by Crippen LogP contribution is 2.16. The van der Waals surface area contributed by atoms with Gasteiger partial charge in [-0.1, -0.05) is 6.42 Å². The van der Waals surface area contributed by atoms with Crippen molar-refractivity contribution in [3.05, 3.63) is 0 Å². The van der Waals surface area contributed by atoms with Gasteiger partial charge in [-0.3, -0.25) is 0 Å². The lowest BCUT2D eigenvalue weighted by atomic mass is 10.0. The molecule has 0 saturated carbocycles. The van der Waals surface area contributed by atoms with Crippen LogP contribution < -0.4 is 0 Å². The van der Waals surface area contributed by atoms with Crippen LogP contribution in [0.4, 0.5) is 0 Å². The highest BCUT2D eigenvalue weighted by molar-refractivity contribution is 5.50. The number of likely N-dealkylation sites (tertiary alicyclic amines) is 1. The third-order valence-corrected chi connectivity index (χ3v) is 2.29. The number of carbonyl (C=O) groups is 1. The summed E-state index contributed by atoms with van der Waals surface area (Å²) in [6.07, 6.45) is 5.55. The largest absolute Gasteiger partial charge is 0.303 e. The van der Waals surface area contributed by atoms with Crippen LogP contribution in [0.5, 0.6) is 0 Å². The first-order valence-corrected chi connectivity index (χ1v) is 3.98. The zero-order valence-electron chi connectivity index (χ0n) is 6.55. The lowest BCUT2D eigenvalue weighted by Gasteiger charge is -2.30. The van der Waals surface area contributed by atoms with Gasteiger partial charge in [-0.15, -0.1) is 0 Å². The molecule has 0 amide bonds. The molecule has 0 aromatic rings. The summed E-state index contributed by atoms with van der Waals surface area (Å²) in [6, 6.07) is 0.534. The van der Waals surface area contributed by atoms with E-state index in [1.54, 1.807) is 0 Å². The molecule has 0 aromatic carbocycles. The van der Waals surface area contributed by atoms with Crippen LogP contribution in [0.15, 0.2) is 0 Å². The van der Waals surface area contributed by atoms with Crippen molar-refractivity contribution in [3.8, 4) is 0 Å². The van der Waals surface area contributed by atoms with E-state index in [9.17, 15) is 4.79 Å². The van der Waals surface area contributed by atoms with Gasteiger partial charge in [-0.2, -0.15) is 0 Å². The quantitative estimate of drug-likeness (QED) is 0.536. The first kappa shape index (κ1) is 7.73. The molecule has 0 aromatic heterocycles. The van der Waals surface area contributed by atoms with E-state index in [1.165, 1.54) is 25.8 Å². The highest BCUT2D eigenvalue weighted by atomic mass is 16.1. The van der Waals surface area contributed by atoms with Gasteiger partial charge in [0.25, 0.3) is 0 Å². The number of hydrogen-bond donors (Lipinski definition) is 0. The summed E-state index contributed by atoms with van der Waals surface area (Å²) >= 11 is 0. The summed E-state index contributed by atoms with van der Waals surface area (Å²) in [5.41, 5.74) is 0. The number of hydrogen-bond acceptors (Lipinski definition) is 2. The number of aldehydes is 1. The minimum atomic E-state index is 0.534. The maximum absolute atomic E-state index is 10.2. The second-order valence-electron chi connectivity index (χ2n) is 3.03. The lowest BCUT2D eigenvalue weighted by Crippen LogP contribution is -2.36. The molecule has 58 valence electrons. The van der Waals surface area contributed by atoms with Crippen LogP contribution in [0.3, 0.4) is 0 Å². The summed E-state index contributed by atoms with van der Waals surface area (Å²) in [5, 5.41) is 0. The topological polar surface area (TPSA) is 20.3 Å². The second kappa shape index (κ2) is 3.71. The minimum Gasteiger partial charge on any atom is -0.303 e. The summed E-state index contributed by atoms with van der Waals surface area (Å²) < 4.78 is 0. The van der Waals surface area contributed by atoms with Crippen LogP contribution in [0.25, 0.3) is 0 Å². The molecule has 1 heterocycles. The van der Waals surface area contributed by atoms with Gasteiger partial charge in [-0.05, 0) is 26.4 Å². The van der Waals surface area contributed by atoms with E-state index in [1.807, 2.05) is 0 Å². The Bertz CT molecular complexity index is 114. The standard InChI is InChI=1S/C8H15NO/c1-9-6-3-2-4-8(9)5-7-10/h7-8H,2-6H2,1H3. The van der Waals surface area contributed by atoms with Crippen LogP contribution in [-0.4, -0.2) is 30.8 Å². The Balaban J connectivity index is 2.32. The third-order valence-electron chi connectivity index (χ3n) is 2.29. The average molecular weight is 141 g/mol. The van der Waals surface area contributed by atoms with Crippen molar-refractivity contribution in [2.24, 2.45) is 0 Å². The molecule has 0 spiro atoms. The van der Waals surface area contributed by atoms with Crippen molar-refractivity contribution < 1.29 is 4.79 Å². The van der Waals surface area contributed by atoms with Crippen LogP contribution >= 0.6 is 0 Å². The molecule has 1 rings (SSSR count). The molecule has 1 unspecified atom stereocenters. The van der Waals surface area contributed by atoms with Crippen molar-refractivity contribution in [3.63, 3.8) is 0 Å². The minimum absolute atomic E-state index is 0.534. The molecular formula is C8H15NO. The average Bonchev–Trinajstić information content (AvgIpc) is 1.94. The van der Waals surface area contributed by atoms with Gasteiger partial charge in [0.1, 0.15) is 6.29 Å².